The van der Waals surface area contributed by atoms with E-state index in [1.54, 1.807) is 0 Å². The van der Waals surface area contributed by atoms with Gasteiger partial charge < -0.3 is 0 Å². The minimum absolute atomic E-state index is 0.394. The zero-order chi connectivity index (χ0) is 18.6. The van der Waals surface area contributed by atoms with Gasteiger partial charge in [-0.2, -0.15) is 0 Å². The van der Waals surface area contributed by atoms with E-state index in [4.69, 9.17) is 0 Å². The van der Waals surface area contributed by atoms with Crippen LogP contribution in [0.3, 0.4) is 0 Å². The smallest absolute Gasteiger partial charge is 0.00961 e. The molecule has 0 radical (unpaired) electrons. The highest BCUT2D eigenvalue weighted by Gasteiger charge is 2.28. The van der Waals surface area contributed by atoms with Crippen molar-refractivity contribution in [3.63, 3.8) is 0 Å². The lowest BCUT2D eigenvalue weighted by atomic mass is 9.72. The van der Waals surface area contributed by atoms with Gasteiger partial charge in [0.15, 0.2) is 0 Å². The van der Waals surface area contributed by atoms with Crippen LogP contribution in [0.4, 0.5) is 0 Å². The fourth-order valence-corrected chi connectivity index (χ4v) is 4.24. The summed E-state index contributed by atoms with van der Waals surface area (Å²) < 4.78 is 0. The molecule has 0 bridgehead atoms. The standard InChI is InChI=1S/C27H26/c1-3-25-26(22-14-8-5-9-15-22)18-24(21-12-6-4-7-13-21)19-27(25)23-16-10-11-20(2)17-23/h4-19,25,27H,3H2,1-2H3. The molecule has 1 aliphatic carbocycles. The van der Waals surface area contributed by atoms with E-state index < -0.39 is 0 Å². The molecule has 2 atom stereocenters. The van der Waals surface area contributed by atoms with E-state index >= 15 is 0 Å². The van der Waals surface area contributed by atoms with Crippen molar-refractivity contribution in [3.8, 4) is 0 Å². The molecule has 3 aromatic rings. The second-order valence-electron chi connectivity index (χ2n) is 7.41. The Morgan fingerprint density at radius 1 is 0.741 bits per heavy atom. The SMILES string of the molecule is CCC1C(c2ccccc2)=CC(c2ccccc2)=CC1c1cccc(C)c1. The molecule has 27 heavy (non-hydrogen) atoms. The van der Waals surface area contributed by atoms with E-state index in [1.165, 1.54) is 33.4 Å². The van der Waals surface area contributed by atoms with Crippen LogP contribution in [-0.4, -0.2) is 0 Å². The second-order valence-corrected chi connectivity index (χ2v) is 7.41. The predicted octanol–water partition coefficient (Wildman–Crippen LogP) is 7.29. The molecule has 0 nitrogen and oxygen atoms in total. The van der Waals surface area contributed by atoms with Crippen LogP contribution >= 0.6 is 0 Å². The molecule has 0 N–H and O–H groups in total. The zero-order valence-electron chi connectivity index (χ0n) is 16.1. The van der Waals surface area contributed by atoms with Crippen molar-refractivity contribution in [3.05, 3.63) is 119 Å². The van der Waals surface area contributed by atoms with Gasteiger partial charge in [-0.05, 0) is 47.1 Å². The van der Waals surface area contributed by atoms with Crippen molar-refractivity contribution < 1.29 is 0 Å². The molecular weight excluding hydrogens is 324 g/mol. The molecule has 0 amide bonds. The normalized spacial score (nSPS) is 19.3. The van der Waals surface area contributed by atoms with E-state index in [1.807, 2.05) is 0 Å². The summed E-state index contributed by atoms with van der Waals surface area (Å²) in [5.74, 6) is 0.881. The molecule has 0 aromatic heterocycles. The first-order chi connectivity index (χ1) is 13.3. The molecule has 0 saturated heterocycles. The van der Waals surface area contributed by atoms with Crippen molar-refractivity contribution in [1.82, 2.24) is 0 Å². The van der Waals surface area contributed by atoms with E-state index in [-0.39, 0.29) is 0 Å². The largest absolute Gasteiger partial charge is 0.0685 e. The first-order valence-electron chi connectivity index (χ1n) is 9.87. The maximum atomic E-state index is 2.48. The minimum Gasteiger partial charge on any atom is -0.0685 e. The summed E-state index contributed by atoms with van der Waals surface area (Å²) in [5, 5.41) is 0. The molecule has 2 unspecified atom stereocenters. The zero-order valence-corrected chi connectivity index (χ0v) is 16.1. The van der Waals surface area contributed by atoms with Gasteiger partial charge in [0, 0.05) is 5.92 Å². The average molecular weight is 351 g/mol. The quantitative estimate of drug-likeness (QED) is 0.463. The van der Waals surface area contributed by atoms with Gasteiger partial charge in [0.25, 0.3) is 0 Å². The number of rotatable bonds is 4. The topological polar surface area (TPSA) is 0 Å². The Labute approximate surface area is 162 Å². The summed E-state index contributed by atoms with van der Waals surface area (Å²) in [4.78, 5) is 0. The molecule has 134 valence electrons. The van der Waals surface area contributed by atoms with Crippen LogP contribution in [0.25, 0.3) is 11.1 Å². The lowest BCUT2D eigenvalue weighted by Crippen LogP contribution is -2.16. The maximum Gasteiger partial charge on any atom is 0.00961 e. The Kier molecular flexibility index (Phi) is 5.07. The Bertz CT molecular complexity index is 961. The van der Waals surface area contributed by atoms with Crippen LogP contribution < -0.4 is 0 Å². The number of benzene rings is 3. The highest BCUT2D eigenvalue weighted by atomic mass is 14.3. The van der Waals surface area contributed by atoms with Crippen molar-refractivity contribution >= 4 is 11.1 Å². The van der Waals surface area contributed by atoms with Gasteiger partial charge in [-0.15, -0.1) is 0 Å². The Morgan fingerprint density at radius 2 is 1.41 bits per heavy atom. The summed E-state index contributed by atoms with van der Waals surface area (Å²) >= 11 is 0. The average Bonchev–Trinajstić information content (AvgIpc) is 2.74. The first-order valence-corrected chi connectivity index (χ1v) is 9.87. The van der Waals surface area contributed by atoms with E-state index in [0.717, 1.165) is 6.42 Å². The molecule has 4 rings (SSSR count). The Balaban J connectivity index is 1.87. The van der Waals surface area contributed by atoms with Crippen LogP contribution in [0, 0.1) is 12.8 Å². The van der Waals surface area contributed by atoms with Gasteiger partial charge in [0.1, 0.15) is 0 Å². The summed E-state index contributed by atoms with van der Waals surface area (Å²) in [6.07, 6.45) is 6.01. The molecule has 1 aliphatic rings. The molecule has 3 aromatic carbocycles. The fraction of sp³-hybridized carbons (Fsp3) is 0.185. The fourth-order valence-electron chi connectivity index (χ4n) is 4.24. The first kappa shape index (κ1) is 17.5. The molecule has 0 saturated carbocycles. The van der Waals surface area contributed by atoms with Gasteiger partial charge in [0.05, 0.1) is 0 Å². The van der Waals surface area contributed by atoms with E-state index in [2.05, 4.69) is 111 Å². The molecule has 0 fully saturated rings. The Hall–Kier alpha value is -2.86. The van der Waals surface area contributed by atoms with Gasteiger partial charge >= 0.3 is 0 Å². The van der Waals surface area contributed by atoms with Crippen LogP contribution in [0.2, 0.25) is 0 Å². The van der Waals surface area contributed by atoms with Gasteiger partial charge in [-0.1, -0.05) is 110 Å². The van der Waals surface area contributed by atoms with Crippen LogP contribution in [0.5, 0.6) is 0 Å². The molecule has 0 heterocycles. The second kappa shape index (κ2) is 7.80. The third-order valence-electron chi connectivity index (χ3n) is 5.58. The lowest BCUT2D eigenvalue weighted by Gasteiger charge is -2.32. The van der Waals surface area contributed by atoms with Gasteiger partial charge in [0.2, 0.25) is 0 Å². The number of hydrogen-bond donors (Lipinski definition) is 0. The van der Waals surface area contributed by atoms with Gasteiger partial charge in [-0.3, -0.25) is 0 Å². The molecule has 0 spiro atoms. The molecular formula is C27H26. The van der Waals surface area contributed by atoms with E-state index in [0.29, 0.717) is 11.8 Å². The Morgan fingerprint density at radius 3 is 2.04 bits per heavy atom. The summed E-state index contributed by atoms with van der Waals surface area (Å²) in [6, 6.07) is 30.6. The number of aryl methyl sites for hydroxylation is 1. The molecule has 0 heteroatoms. The third kappa shape index (κ3) is 3.66. The summed E-state index contributed by atoms with van der Waals surface area (Å²) in [5.41, 5.74) is 8.14. The minimum atomic E-state index is 0.394. The number of hydrogen-bond acceptors (Lipinski definition) is 0. The van der Waals surface area contributed by atoms with Gasteiger partial charge in [-0.25, -0.2) is 0 Å². The van der Waals surface area contributed by atoms with Crippen LogP contribution in [0.1, 0.15) is 41.5 Å². The maximum absolute atomic E-state index is 2.48. The van der Waals surface area contributed by atoms with Crippen LogP contribution in [-0.2, 0) is 0 Å². The third-order valence-corrected chi connectivity index (χ3v) is 5.58. The predicted molar refractivity (Wildman–Crippen MR) is 117 cm³/mol. The van der Waals surface area contributed by atoms with Crippen molar-refractivity contribution in [2.24, 2.45) is 5.92 Å². The van der Waals surface area contributed by atoms with Crippen molar-refractivity contribution in [2.45, 2.75) is 26.2 Å². The highest BCUT2D eigenvalue weighted by Crippen LogP contribution is 2.45. The lowest BCUT2D eigenvalue weighted by molar-refractivity contribution is 0.577. The monoisotopic (exact) mass is 350 g/mol. The number of allylic oxidation sites excluding steroid dienone is 4. The van der Waals surface area contributed by atoms with Crippen LogP contribution in [0.15, 0.2) is 97.1 Å². The van der Waals surface area contributed by atoms with Crippen molar-refractivity contribution in [1.29, 1.82) is 0 Å². The van der Waals surface area contributed by atoms with Crippen molar-refractivity contribution in [2.75, 3.05) is 0 Å². The summed E-state index contributed by atoms with van der Waals surface area (Å²) in [6.45, 7) is 4.49. The summed E-state index contributed by atoms with van der Waals surface area (Å²) in [7, 11) is 0. The molecule has 0 aliphatic heterocycles. The highest BCUT2D eigenvalue weighted by molar-refractivity contribution is 5.88. The van der Waals surface area contributed by atoms with E-state index in [9.17, 15) is 0 Å².